The predicted octanol–water partition coefficient (Wildman–Crippen LogP) is 6.87. The van der Waals surface area contributed by atoms with Gasteiger partial charge in [-0.25, -0.2) is 4.79 Å². The van der Waals surface area contributed by atoms with Gasteiger partial charge in [-0.15, -0.1) is 0 Å². The lowest BCUT2D eigenvalue weighted by Gasteiger charge is -2.19. The minimum atomic E-state index is -1.43. The van der Waals surface area contributed by atoms with Crippen molar-refractivity contribution in [1.29, 1.82) is 0 Å². The van der Waals surface area contributed by atoms with Crippen LogP contribution in [0.2, 0.25) is 0 Å². The minimum absolute atomic E-state index is 0.0331. The van der Waals surface area contributed by atoms with Crippen LogP contribution in [0.3, 0.4) is 0 Å². The Morgan fingerprint density at radius 2 is 1.46 bits per heavy atom. The van der Waals surface area contributed by atoms with Crippen LogP contribution in [-0.4, -0.2) is 23.0 Å². The van der Waals surface area contributed by atoms with Crippen molar-refractivity contribution >= 4 is 6.16 Å². The maximum atomic E-state index is 11.0. The Bertz CT molecular complexity index is 583. The van der Waals surface area contributed by atoms with Gasteiger partial charge in [0, 0.05) is 5.56 Å². The molecule has 5 nitrogen and oxygen atoms in total. The summed E-state index contributed by atoms with van der Waals surface area (Å²) >= 11 is 0. The van der Waals surface area contributed by atoms with Crippen LogP contribution in [0.5, 0.6) is 17.2 Å². The Hall–Kier alpha value is -1.91. The van der Waals surface area contributed by atoms with Gasteiger partial charge < -0.3 is 19.7 Å². The van der Waals surface area contributed by atoms with E-state index in [-0.39, 0.29) is 11.5 Å². The van der Waals surface area contributed by atoms with Crippen LogP contribution in [0.15, 0.2) is 6.07 Å². The molecule has 1 aromatic carbocycles. The molecule has 0 aliphatic heterocycles. The van der Waals surface area contributed by atoms with Crippen molar-refractivity contribution < 1.29 is 24.5 Å². The Labute approximate surface area is 170 Å². The first kappa shape index (κ1) is 24.1. The van der Waals surface area contributed by atoms with Crippen LogP contribution >= 0.6 is 0 Å². The molecule has 0 aliphatic carbocycles. The van der Waals surface area contributed by atoms with E-state index < -0.39 is 6.16 Å². The average molecular weight is 395 g/mol. The molecule has 0 aromatic heterocycles. The normalized spacial score (nSPS) is 10.8. The molecule has 0 fully saturated rings. The number of hydrogen-bond donors (Lipinski definition) is 2. The molecule has 160 valence electrons. The lowest BCUT2D eigenvalue weighted by molar-refractivity contribution is 0.142. The summed E-state index contributed by atoms with van der Waals surface area (Å²) in [5.41, 5.74) is 2.04. The number of unbranched alkanes of at least 4 members (excludes halogenated alkanes) is 8. The van der Waals surface area contributed by atoms with Crippen LogP contribution in [0.4, 0.5) is 4.79 Å². The number of aryl methyl sites for hydroxylation is 1. The first-order valence-corrected chi connectivity index (χ1v) is 11.0. The number of hydrogen-bond acceptors (Lipinski definition) is 4. The molecule has 0 spiro atoms. The zero-order valence-electron chi connectivity index (χ0n) is 17.9. The van der Waals surface area contributed by atoms with Crippen molar-refractivity contribution in [3.05, 3.63) is 17.2 Å². The fraction of sp³-hybridized carbons (Fsp3) is 0.696. The molecule has 0 saturated heterocycles. The summed E-state index contributed by atoms with van der Waals surface area (Å²) in [7, 11) is 0. The van der Waals surface area contributed by atoms with Gasteiger partial charge in [-0.1, -0.05) is 65.2 Å². The summed E-state index contributed by atoms with van der Waals surface area (Å²) in [5, 5.41) is 19.5. The van der Waals surface area contributed by atoms with E-state index in [9.17, 15) is 9.90 Å². The standard InChI is InChI=1S/C23H38O5/c1-4-7-9-11-13-15-18-17-20(28-23(25)26)21(24)22(27-6-3)19(18)16-14-12-10-8-5-2/h17,24H,4-16H2,1-3H3,(H,25,26). The van der Waals surface area contributed by atoms with Gasteiger partial charge >= 0.3 is 6.16 Å². The summed E-state index contributed by atoms with van der Waals surface area (Å²) in [6, 6.07) is 1.69. The second kappa shape index (κ2) is 14.1. The van der Waals surface area contributed by atoms with Crippen LogP contribution in [0.1, 0.15) is 96.1 Å². The first-order valence-electron chi connectivity index (χ1n) is 11.0. The highest BCUT2D eigenvalue weighted by molar-refractivity contribution is 5.66. The van der Waals surface area contributed by atoms with Gasteiger partial charge in [-0.05, 0) is 44.2 Å². The molecule has 0 heterocycles. The monoisotopic (exact) mass is 394 g/mol. The maximum absolute atomic E-state index is 11.0. The quantitative estimate of drug-likeness (QED) is 0.193. The number of carbonyl (C=O) groups is 1. The molecular weight excluding hydrogens is 356 g/mol. The van der Waals surface area contributed by atoms with Gasteiger partial charge in [0.2, 0.25) is 5.75 Å². The summed E-state index contributed by atoms with van der Waals surface area (Å²) < 4.78 is 10.5. The number of aromatic hydroxyl groups is 1. The Morgan fingerprint density at radius 1 is 0.893 bits per heavy atom. The van der Waals surface area contributed by atoms with E-state index in [0.717, 1.165) is 49.7 Å². The molecule has 2 N–H and O–H groups in total. The zero-order chi connectivity index (χ0) is 20.8. The molecular formula is C23H38O5. The zero-order valence-corrected chi connectivity index (χ0v) is 17.9. The molecule has 0 amide bonds. The molecule has 1 rings (SSSR count). The third-order valence-electron chi connectivity index (χ3n) is 4.98. The Morgan fingerprint density at radius 3 is 2.00 bits per heavy atom. The van der Waals surface area contributed by atoms with E-state index in [1.807, 2.05) is 6.92 Å². The number of rotatable bonds is 15. The molecule has 5 heteroatoms. The minimum Gasteiger partial charge on any atom is -0.502 e. The fourth-order valence-corrected chi connectivity index (χ4v) is 3.51. The van der Waals surface area contributed by atoms with Crippen LogP contribution < -0.4 is 9.47 Å². The van der Waals surface area contributed by atoms with E-state index in [4.69, 9.17) is 14.6 Å². The highest BCUT2D eigenvalue weighted by atomic mass is 16.7. The molecule has 0 aliphatic rings. The molecule has 0 unspecified atom stereocenters. The van der Waals surface area contributed by atoms with Gasteiger partial charge in [0.25, 0.3) is 0 Å². The summed E-state index contributed by atoms with van der Waals surface area (Å²) in [6.45, 7) is 6.66. The second-order valence-corrected chi connectivity index (χ2v) is 7.32. The summed E-state index contributed by atoms with van der Waals surface area (Å²) in [5.74, 6) is 0.150. The van der Waals surface area contributed by atoms with Crippen molar-refractivity contribution in [2.75, 3.05) is 6.61 Å². The third kappa shape index (κ3) is 8.41. The Kier molecular flexibility index (Phi) is 12.2. The van der Waals surface area contributed by atoms with Crippen molar-refractivity contribution in [3.63, 3.8) is 0 Å². The molecule has 0 atom stereocenters. The van der Waals surface area contributed by atoms with E-state index in [0.29, 0.717) is 12.4 Å². The number of phenols is 1. The lowest BCUT2D eigenvalue weighted by atomic mass is 9.94. The number of ether oxygens (including phenoxy) is 2. The molecule has 0 bridgehead atoms. The highest BCUT2D eigenvalue weighted by Gasteiger charge is 2.21. The SMILES string of the molecule is CCCCCCCc1cc(OC(=O)O)c(O)c(OCC)c1CCCCCCC. The third-order valence-corrected chi connectivity index (χ3v) is 4.98. The van der Waals surface area contributed by atoms with E-state index in [1.165, 1.54) is 38.5 Å². The average Bonchev–Trinajstić information content (AvgIpc) is 2.66. The molecule has 0 saturated carbocycles. The van der Waals surface area contributed by atoms with Crippen LogP contribution in [-0.2, 0) is 12.8 Å². The second-order valence-electron chi connectivity index (χ2n) is 7.32. The topological polar surface area (TPSA) is 76.0 Å². The van der Waals surface area contributed by atoms with E-state index in [1.54, 1.807) is 6.07 Å². The van der Waals surface area contributed by atoms with Crippen LogP contribution in [0.25, 0.3) is 0 Å². The van der Waals surface area contributed by atoms with Crippen molar-refractivity contribution in [3.8, 4) is 17.2 Å². The van der Waals surface area contributed by atoms with E-state index in [2.05, 4.69) is 13.8 Å². The highest BCUT2D eigenvalue weighted by Crippen LogP contribution is 2.43. The van der Waals surface area contributed by atoms with Crippen molar-refractivity contribution in [1.82, 2.24) is 0 Å². The largest absolute Gasteiger partial charge is 0.511 e. The van der Waals surface area contributed by atoms with E-state index >= 15 is 0 Å². The fourth-order valence-electron chi connectivity index (χ4n) is 3.51. The van der Waals surface area contributed by atoms with Gasteiger partial charge in [0.1, 0.15) is 0 Å². The number of phenolic OH excluding ortho intramolecular Hbond substituents is 1. The summed E-state index contributed by atoms with van der Waals surface area (Å²) in [4.78, 5) is 11.0. The molecule has 28 heavy (non-hydrogen) atoms. The lowest BCUT2D eigenvalue weighted by Crippen LogP contribution is -2.08. The van der Waals surface area contributed by atoms with Gasteiger partial charge in [-0.3, -0.25) is 0 Å². The first-order chi connectivity index (χ1) is 13.5. The van der Waals surface area contributed by atoms with Gasteiger partial charge in [-0.2, -0.15) is 0 Å². The van der Waals surface area contributed by atoms with Gasteiger partial charge in [0.05, 0.1) is 6.61 Å². The van der Waals surface area contributed by atoms with Crippen LogP contribution in [0, 0.1) is 0 Å². The number of benzene rings is 1. The van der Waals surface area contributed by atoms with Crippen molar-refractivity contribution in [2.45, 2.75) is 97.8 Å². The van der Waals surface area contributed by atoms with Gasteiger partial charge in [0.15, 0.2) is 11.5 Å². The smallest absolute Gasteiger partial charge is 0.502 e. The van der Waals surface area contributed by atoms with Crippen molar-refractivity contribution in [2.24, 2.45) is 0 Å². The predicted molar refractivity (Wildman–Crippen MR) is 113 cm³/mol. The number of carboxylic acid groups (broad SMARTS) is 1. The molecule has 1 aromatic rings. The molecule has 0 radical (unpaired) electrons. The summed E-state index contributed by atoms with van der Waals surface area (Å²) in [6.07, 6.45) is 11.9. The Balaban J connectivity index is 3.05. The maximum Gasteiger partial charge on any atom is 0.511 e.